The second-order valence-corrected chi connectivity index (χ2v) is 5.39. The van der Waals surface area contributed by atoms with E-state index in [0.29, 0.717) is 22.6 Å². The zero-order valence-corrected chi connectivity index (χ0v) is 11.9. The van der Waals surface area contributed by atoms with Gasteiger partial charge in [-0.3, -0.25) is 4.79 Å². The molecule has 1 saturated heterocycles. The number of rotatable bonds is 2. The Labute approximate surface area is 121 Å². The minimum Gasteiger partial charge on any atom is -0.382 e. The molecule has 8 heteroatoms. The molecule has 1 aliphatic rings. The molecule has 8 nitrogen and oxygen atoms in total. The lowest BCUT2D eigenvalue weighted by molar-refractivity contribution is 0.0399. The molecule has 110 valence electrons. The third kappa shape index (κ3) is 2.33. The molecule has 0 unspecified atom stereocenters. The summed E-state index contributed by atoms with van der Waals surface area (Å²) >= 11 is 0. The van der Waals surface area contributed by atoms with Crippen molar-refractivity contribution in [2.45, 2.75) is 6.04 Å². The zero-order chi connectivity index (χ0) is 15.1. The fourth-order valence-corrected chi connectivity index (χ4v) is 2.31. The number of nitrogen functional groups attached to an aromatic ring is 2. The highest BCUT2D eigenvalue weighted by Gasteiger charge is 2.32. The summed E-state index contributed by atoms with van der Waals surface area (Å²) in [4.78, 5) is 28.4. The molecule has 0 aromatic carbocycles. The Morgan fingerprint density at radius 3 is 2.71 bits per heavy atom. The van der Waals surface area contributed by atoms with Gasteiger partial charge in [0.1, 0.15) is 5.52 Å². The van der Waals surface area contributed by atoms with E-state index in [-0.39, 0.29) is 17.7 Å². The molecule has 1 amide bonds. The van der Waals surface area contributed by atoms with Crippen molar-refractivity contribution in [3.8, 4) is 0 Å². The Balaban J connectivity index is 1.86. The Morgan fingerprint density at radius 2 is 2.05 bits per heavy atom. The highest BCUT2D eigenvalue weighted by atomic mass is 16.2. The SMILES string of the molecule is CN(C)C1CN(C(=O)c2cnc3c(N)nc(N)nc3c2)C1. The van der Waals surface area contributed by atoms with Gasteiger partial charge >= 0.3 is 0 Å². The molecule has 3 rings (SSSR count). The van der Waals surface area contributed by atoms with Gasteiger partial charge in [-0.2, -0.15) is 4.98 Å². The summed E-state index contributed by atoms with van der Waals surface area (Å²) < 4.78 is 0. The first kappa shape index (κ1) is 13.5. The highest BCUT2D eigenvalue weighted by Crippen LogP contribution is 2.20. The molecule has 0 bridgehead atoms. The van der Waals surface area contributed by atoms with Crippen molar-refractivity contribution in [2.24, 2.45) is 0 Å². The van der Waals surface area contributed by atoms with Crippen molar-refractivity contribution in [1.82, 2.24) is 24.8 Å². The number of likely N-dealkylation sites (N-methyl/N-ethyl adjacent to an activating group) is 1. The largest absolute Gasteiger partial charge is 0.382 e. The summed E-state index contributed by atoms with van der Waals surface area (Å²) in [6.07, 6.45) is 1.50. The van der Waals surface area contributed by atoms with Gasteiger partial charge in [0.15, 0.2) is 5.82 Å². The lowest BCUT2D eigenvalue weighted by Crippen LogP contribution is -2.59. The van der Waals surface area contributed by atoms with E-state index in [4.69, 9.17) is 11.5 Å². The Bertz CT molecular complexity index is 709. The first-order valence-electron chi connectivity index (χ1n) is 6.60. The fourth-order valence-electron chi connectivity index (χ4n) is 2.31. The maximum atomic E-state index is 12.4. The van der Waals surface area contributed by atoms with Gasteiger partial charge < -0.3 is 21.3 Å². The Kier molecular flexibility index (Phi) is 3.09. The Hall–Kier alpha value is -2.48. The molecule has 4 N–H and O–H groups in total. The van der Waals surface area contributed by atoms with Gasteiger partial charge in [0.05, 0.1) is 11.1 Å². The van der Waals surface area contributed by atoms with Crippen LogP contribution >= 0.6 is 0 Å². The standard InChI is InChI=1S/C13H17N7O/c1-19(2)8-5-20(6-8)12(21)7-3-9-10(16-4-7)11(14)18-13(15)17-9/h3-4,8H,5-6H2,1-2H3,(H4,14,15,17,18). The molecule has 0 spiro atoms. The summed E-state index contributed by atoms with van der Waals surface area (Å²) in [5.74, 6) is 0.231. The monoisotopic (exact) mass is 287 g/mol. The molecule has 0 radical (unpaired) electrons. The molecule has 1 fully saturated rings. The Morgan fingerprint density at radius 1 is 1.33 bits per heavy atom. The molecular weight excluding hydrogens is 270 g/mol. The van der Waals surface area contributed by atoms with Gasteiger partial charge in [-0.25, -0.2) is 9.97 Å². The number of nitrogens with zero attached hydrogens (tertiary/aromatic N) is 5. The maximum Gasteiger partial charge on any atom is 0.255 e. The third-order valence-electron chi connectivity index (χ3n) is 3.71. The summed E-state index contributed by atoms with van der Waals surface area (Å²) in [7, 11) is 4.01. The van der Waals surface area contributed by atoms with Crippen LogP contribution in [0.3, 0.4) is 0 Å². The van der Waals surface area contributed by atoms with E-state index in [0.717, 1.165) is 13.1 Å². The van der Waals surface area contributed by atoms with E-state index in [1.54, 1.807) is 11.0 Å². The number of pyridine rings is 1. The van der Waals surface area contributed by atoms with Crippen LogP contribution in [0.25, 0.3) is 11.0 Å². The number of likely N-dealkylation sites (tertiary alicyclic amines) is 1. The van der Waals surface area contributed by atoms with Crippen LogP contribution in [0.5, 0.6) is 0 Å². The van der Waals surface area contributed by atoms with E-state index in [2.05, 4.69) is 19.9 Å². The molecule has 21 heavy (non-hydrogen) atoms. The van der Waals surface area contributed by atoms with E-state index < -0.39 is 0 Å². The third-order valence-corrected chi connectivity index (χ3v) is 3.71. The van der Waals surface area contributed by atoms with Crippen LogP contribution in [0.2, 0.25) is 0 Å². The first-order valence-corrected chi connectivity index (χ1v) is 6.60. The first-order chi connectivity index (χ1) is 9.95. The summed E-state index contributed by atoms with van der Waals surface area (Å²) in [6.45, 7) is 1.44. The normalized spacial score (nSPS) is 15.5. The van der Waals surface area contributed by atoms with Gasteiger partial charge in [0.2, 0.25) is 5.95 Å². The van der Waals surface area contributed by atoms with Gasteiger partial charge in [-0.15, -0.1) is 0 Å². The van der Waals surface area contributed by atoms with Crippen molar-refractivity contribution >= 4 is 28.7 Å². The highest BCUT2D eigenvalue weighted by molar-refractivity contribution is 5.98. The van der Waals surface area contributed by atoms with Gasteiger partial charge in [-0.05, 0) is 20.2 Å². The number of fused-ring (bicyclic) bond motifs is 1. The number of aromatic nitrogens is 3. The van der Waals surface area contributed by atoms with Crippen LogP contribution in [0.15, 0.2) is 12.3 Å². The number of hydrogen-bond donors (Lipinski definition) is 2. The molecule has 0 aliphatic carbocycles. The predicted molar refractivity (Wildman–Crippen MR) is 79.5 cm³/mol. The van der Waals surface area contributed by atoms with Crippen molar-refractivity contribution in [1.29, 1.82) is 0 Å². The van der Waals surface area contributed by atoms with Crippen LogP contribution in [0.1, 0.15) is 10.4 Å². The van der Waals surface area contributed by atoms with Crippen LogP contribution in [-0.4, -0.2) is 63.9 Å². The van der Waals surface area contributed by atoms with Crippen LogP contribution in [0.4, 0.5) is 11.8 Å². The second kappa shape index (κ2) is 4.81. The van der Waals surface area contributed by atoms with Crippen molar-refractivity contribution in [2.75, 3.05) is 38.7 Å². The predicted octanol–water partition coefficient (Wildman–Crippen LogP) is -0.425. The van der Waals surface area contributed by atoms with Gasteiger partial charge in [-0.1, -0.05) is 0 Å². The van der Waals surface area contributed by atoms with Gasteiger partial charge in [0.25, 0.3) is 5.91 Å². The van der Waals surface area contributed by atoms with Crippen molar-refractivity contribution < 1.29 is 4.79 Å². The number of carbonyl (C=O) groups excluding carboxylic acids is 1. The molecule has 0 saturated carbocycles. The quantitative estimate of drug-likeness (QED) is 0.770. The summed E-state index contributed by atoms with van der Waals surface area (Å²) in [6, 6.07) is 2.07. The topological polar surface area (TPSA) is 114 Å². The van der Waals surface area contributed by atoms with E-state index in [1.807, 2.05) is 14.1 Å². The number of amides is 1. The average molecular weight is 287 g/mol. The molecule has 2 aromatic heterocycles. The number of carbonyl (C=O) groups is 1. The number of nitrogens with two attached hydrogens (primary N) is 2. The van der Waals surface area contributed by atoms with E-state index in [9.17, 15) is 4.79 Å². The average Bonchev–Trinajstić information content (AvgIpc) is 2.35. The van der Waals surface area contributed by atoms with E-state index in [1.165, 1.54) is 6.20 Å². The summed E-state index contributed by atoms with van der Waals surface area (Å²) in [5.41, 5.74) is 12.7. The summed E-state index contributed by atoms with van der Waals surface area (Å²) in [5, 5.41) is 0. The van der Waals surface area contributed by atoms with Crippen LogP contribution in [-0.2, 0) is 0 Å². The second-order valence-electron chi connectivity index (χ2n) is 5.39. The molecule has 0 atom stereocenters. The minimum atomic E-state index is -0.0572. The van der Waals surface area contributed by atoms with Gasteiger partial charge in [0, 0.05) is 25.3 Å². The van der Waals surface area contributed by atoms with Crippen molar-refractivity contribution in [3.63, 3.8) is 0 Å². The lowest BCUT2D eigenvalue weighted by Gasteiger charge is -2.42. The number of hydrogen-bond acceptors (Lipinski definition) is 7. The smallest absolute Gasteiger partial charge is 0.255 e. The van der Waals surface area contributed by atoms with Crippen LogP contribution < -0.4 is 11.5 Å². The minimum absolute atomic E-state index is 0.0572. The van der Waals surface area contributed by atoms with Crippen molar-refractivity contribution in [3.05, 3.63) is 17.8 Å². The molecule has 1 aliphatic heterocycles. The molecule has 2 aromatic rings. The fraction of sp³-hybridized carbons (Fsp3) is 0.385. The van der Waals surface area contributed by atoms with Crippen LogP contribution in [0, 0.1) is 0 Å². The molecular formula is C13H17N7O. The van der Waals surface area contributed by atoms with E-state index >= 15 is 0 Å². The molecule has 3 heterocycles. The maximum absolute atomic E-state index is 12.4. The lowest BCUT2D eigenvalue weighted by atomic mass is 10.1. The zero-order valence-electron chi connectivity index (χ0n) is 11.9. The number of anilines is 2.